The molecule has 0 saturated heterocycles. The van der Waals surface area contributed by atoms with Gasteiger partial charge in [-0.05, 0) is 26.0 Å². The molecule has 0 aliphatic rings. The van der Waals surface area contributed by atoms with Gasteiger partial charge >= 0.3 is 0 Å². The SMILES string of the molecule is C=CCN(C(C)C)S(=O)(=O)c1ccc(N)nc1. The predicted molar refractivity (Wildman–Crippen MR) is 67.9 cm³/mol. The van der Waals surface area contributed by atoms with Crippen LogP contribution in [0.15, 0.2) is 35.9 Å². The zero-order valence-corrected chi connectivity index (χ0v) is 10.8. The van der Waals surface area contributed by atoms with Crippen molar-refractivity contribution in [3.63, 3.8) is 0 Å². The van der Waals surface area contributed by atoms with Crippen LogP contribution < -0.4 is 5.73 Å². The first kappa shape index (κ1) is 13.7. The lowest BCUT2D eigenvalue weighted by atomic mass is 10.4. The molecule has 17 heavy (non-hydrogen) atoms. The molecule has 1 rings (SSSR count). The highest BCUT2D eigenvalue weighted by atomic mass is 32.2. The third-order valence-electron chi connectivity index (χ3n) is 2.25. The summed E-state index contributed by atoms with van der Waals surface area (Å²) in [5, 5.41) is 0. The topological polar surface area (TPSA) is 76.3 Å². The number of rotatable bonds is 5. The minimum Gasteiger partial charge on any atom is -0.384 e. The van der Waals surface area contributed by atoms with E-state index in [1.807, 2.05) is 13.8 Å². The highest BCUT2D eigenvalue weighted by Crippen LogP contribution is 2.17. The molecule has 0 spiro atoms. The van der Waals surface area contributed by atoms with Gasteiger partial charge < -0.3 is 5.73 Å². The van der Waals surface area contributed by atoms with Gasteiger partial charge in [-0.2, -0.15) is 4.31 Å². The number of hydrogen-bond donors (Lipinski definition) is 1. The zero-order valence-electron chi connectivity index (χ0n) is 10.00. The highest BCUT2D eigenvalue weighted by Gasteiger charge is 2.25. The lowest BCUT2D eigenvalue weighted by Gasteiger charge is -2.24. The molecule has 0 radical (unpaired) electrons. The van der Waals surface area contributed by atoms with Gasteiger partial charge in [0.05, 0.1) is 0 Å². The van der Waals surface area contributed by atoms with Gasteiger partial charge in [0.1, 0.15) is 10.7 Å². The molecule has 1 aromatic heterocycles. The maximum absolute atomic E-state index is 12.3. The van der Waals surface area contributed by atoms with Crippen LogP contribution in [-0.2, 0) is 10.0 Å². The number of anilines is 1. The van der Waals surface area contributed by atoms with Crippen molar-refractivity contribution in [2.45, 2.75) is 24.8 Å². The Hall–Kier alpha value is -1.40. The molecule has 94 valence electrons. The smallest absolute Gasteiger partial charge is 0.245 e. The van der Waals surface area contributed by atoms with E-state index >= 15 is 0 Å². The molecule has 0 aliphatic heterocycles. The highest BCUT2D eigenvalue weighted by molar-refractivity contribution is 7.89. The van der Waals surface area contributed by atoms with Crippen molar-refractivity contribution >= 4 is 15.8 Å². The molecule has 0 atom stereocenters. The van der Waals surface area contributed by atoms with Crippen molar-refractivity contribution in [3.8, 4) is 0 Å². The largest absolute Gasteiger partial charge is 0.384 e. The van der Waals surface area contributed by atoms with Crippen LogP contribution in [0.2, 0.25) is 0 Å². The third kappa shape index (κ3) is 3.04. The molecule has 0 saturated carbocycles. The fraction of sp³-hybridized carbons (Fsp3) is 0.364. The van der Waals surface area contributed by atoms with Crippen molar-refractivity contribution in [2.75, 3.05) is 12.3 Å². The Bertz CT molecular complexity index is 480. The van der Waals surface area contributed by atoms with E-state index in [1.165, 1.54) is 22.6 Å². The van der Waals surface area contributed by atoms with Gasteiger partial charge in [0.2, 0.25) is 10.0 Å². The second-order valence-electron chi connectivity index (χ2n) is 3.88. The predicted octanol–water partition coefficient (Wildman–Crippen LogP) is 1.25. The van der Waals surface area contributed by atoms with Crippen LogP contribution in [0.5, 0.6) is 0 Å². The van der Waals surface area contributed by atoms with Gasteiger partial charge in [-0.3, -0.25) is 0 Å². The van der Waals surface area contributed by atoms with Crippen LogP contribution >= 0.6 is 0 Å². The van der Waals surface area contributed by atoms with Gasteiger partial charge in [-0.1, -0.05) is 6.08 Å². The van der Waals surface area contributed by atoms with E-state index in [-0.39, 0.29) is 17.5 Å². The number of nitrogens with zero attached hydrogens (tertiary/aromatic N) is 2. The summed E-state index contributed by atoms with van der Waals surface area (Å²) >= 11 is 0. The maximum atomic E-state index is 12.3. The Morgan fingerprint density at radius 1 is 1.53 bits per heavy atom. The number of hydrogen-bond acceptors (Lipinski definition) is 4. The molecule has 6 heteroatoms. The van der Waals surface area contributed by atoms with Crippen LogP contribution in [0.25, 0.3) is 0 Å². The van der Waals surface area contributed by atoms with Gasteiger partial charge in [0.25, 0.3) is 0 Å². The Morgan fingerprint density at radius 3 is 2.59 bits per heavy atom. The summed E-state index contributed by atoms with van der Waals surface area (Å²) in [5.74, 6) is 0.295. The second kappa shape index (κ2) is 5.29. The maximum Gasteiger partial charge on any atom is 0.245 e. The molecule has 1 heterocycles. The summed E-state index contributed by atoms with van der Waals surface area (Å²) in [6.45, 7) is 7.45. The fourth-order valence-electron chi connectivity index (χ4n) is 1.39. The number of sulfonamides is 1. The minimum atomic E-state index is -3.54. The first-order chi connectivity index (χ1) is 7.89. The summed E-state index contributed by atoms with van der Waals surface area (Å²) in [4.78, 5) is 3.93. The summed E-state index contributed by atoms with van der Waals surface area (Å²) in [6, 6.07) is 2.78. The summed E-state index contributed by atoms with van der Waals surface area (Å²) in [7, 11) is -3.54. The van der Waals surface area contributed by atoms with E-state index in [9.17, 15) is 8.42 Å². The van der Waals surface area contributed by atoms with Crippen LogP contribution in [0.1, 0.15) is 13.8 Å². The van der Waals surface area contributed by atoms with Crippen molar-refractivity contribution < 1.29 is 8.42 Å². The second-order valence-corrected chi connectivity index (χ2v) is 5.77. The number of nitrogen functional groups attached to an aromatic ring is 1. The first-order valence-electron chi connectivity index (χ1n) is 5.24. The molecular weight excluding hydrogens is 238 g/mol. The minimum absolute atomic E-state index is 0.141. The Labute approximate surface area is 102 Å². The number of nitrogens with two attached hydrogens (primary N) is 1. The lowest BCUT2D eigenvalue weighted by molar-refractivity contribution is 0.382. The molecule has 0 unspecified atom stereocenters. The standard InChI is InChI=1S/C11H17N3O2S/c1-4-7-14(9(2)3)17(15,16)10-5-6-11(12)13-8-10/h4-6,8-9H,1,7H2,2-3H3,(H2,12,13). The van der Waals surface area contributed by atoms with Gasteiger partial charge in [0.15, 0.2) is 0 Å². The molecule has 5 nitrogen and oxygen atoms in total. The molecule has 1 aromatic rings. The van der Waals surface area contributed by atoms with Crippen LogP contribution in [0.4, 0.5) is 5.82 Å². The quantitative estimate of drug-likeness (QED) is 0.803. The van der Waals surface area contributed by atoms with E-state index in [0.717, 1.165) is 0 Å². The van der Waals surface area contributed by atoms with Gasteiger partial charge in [0, 0.05) is 18.8 Å². The summed E-state index contributed by atoms with van der Waals surface area (Å²) in [5.41, 5.74) is 5.43. The molecule has 2 N–H and O–H groups in total. The normalized spacial score (nSPS) is 12.0. The Morgan fingerprint density at radius 2 is 2.18 bits per heavy atom. The molecule has 0 aromatic carbocycles. The van der Waals surface area contributed by atoms with E-state index in [2.05, 4.69) is 11.6 Å². The van der Waals surface area contributed by atoms with Crippen LogP contribution in [0.3, 0.4) is 0 Å². The molecular formula is C11H17N3O2S. The number of pyridine rings is 1. The van der Waals surface area contributed by atoms with Gasteiger partial charge in [-0.25, -0.2) is 13.4 Å². The molecule has 0 fully saturated rings. The van der Waals surface area contributed by atoms with E-state index in [0.29, 0.717) is 5.82 Å². The molecule has 0 bridgehead atoms. The average molecular weight is 255 g/mol. The van der Waals surface area contributed by atoms with E-state index < -0.39 is 10.0 Å². The third-order valence-corrected chi connectivity index (χ3v) is 4.28. The Balaban J connectivity index is 3.16. The van der Waals surface area contributed by atoms with Crippen LogP contribution in [0, 0.1) is 0 Å². The van der Waals surface area contributed by atoms with Gasteiger partial charge in [-0.15, -0.1) is 6.58 Å². The van der Waals surface area contributed by atoms with Crippen molar-refractivity contribution in [2.24, 2.45) is 0 Å². The monoisotopic (exact) mass is 255 g/mol. The van der Waals surface area contributed by atoms with Crippen molar-refractivity contribution in [1.82, 2.24) is 9.29 Å². The summed E-state index contributed by atoms with van der Waals surface area (Å²) in [6.07, 6.45) is 2.82. The average Bonchev–Trinajstić information content (AvgIpc) is 2.25. The molecule has 0 amide bonds. The van der Waals surface area contributed by atoms with Crippen molar-refractivity contribution in [3.05, 3.63) is 31.0 Å². The van der Waals surface area contributed by atoms with E-state index in [1.54, 1.807) is 6.08 Å². The summed E-state index contributed by atoms with van der Waals surface area (Å²) < 4.78 is 25.9. The first-order valence-corrected chi connectivity index (χ1v) is 6.68. The number of aromatic nitrogens is 1. The van der Waals surface area contributed by atoms with Crippen molar-refractivity contribution in [1.29, 1.82) is 0 Å². The van der Waals surface area contributed by atoms with E-state index in [4.69, 9.17) is 5.73 Å². The van der Waals surface area contributed by atoms with Crippen LogP contribution in [-0.4, -0.2) is 30.3 Å². The zero-order chi connectivity index (χ0) is 13.1. The lowest BCUT2D eigenvalue weighted by Crippen LogP contribution is -2.37. The Kier molecular flexibility index (Phi) is 4.25. The fourth-order valence-corrected chi connectivity index (χ4v) is 2.95. The molecule has 0 aliphatic carbocycles.